The first-order valence-electron chi connectivity index (χ1n) is 5.05. The van der Waals surface area contributed by atoms with Crippen molar-refractivity contribution in [3.63, 3.8) is 0 Å². The van der Waals surface area contributed by atoms with E-state index in [2.05, 4.69) is 0 Å². The molecule has 86 valence electrons. The fourth-order valence-electron chi connectivity index (χ4n) is 1.54. The van der Waals surface area contributed by atoms with Gasteiger partial charge in [0.15, 0.2) is 6.10 Å². The van der Waals surface area contributed by atoms with Gasteiger partial charge in [-0.3, -0.25) is 0 Å². The second kappa shape index (κ2) is 5.59. The minimum absolute atomic E-state index is 0.141. The van der Waals surface area contributed by atoms with Gasteiger partial charge in [0.1, 0.15) is 0 Å². The first-order chi connectivity index (χ1) is 6.30. The van der Waals surface area contributed by atoms with E-state index in [1.807, 2.05) is 6.92 Å². The van der Waals surface area contributed by atoms with E-state index in [4.69, 9.17) is 5.11 Å². The molecule has 0 aliphatic heterocycles. The van der Waals surface area contributed by atoms with Gasteiger partial charge in [-0.2, -0.15) is 13.2 Å². The molecule has 0 aromatic rings. The molecule has 0 aromatic heterocycles. The molecule has 0 aliphatic carbocycles. The topological polar surface area (TPSA) is 20.2 Å². The van der Waals surface area contributed by atoms with Crippen LogP contribution in [0.25, 0.3) is 0 Å². The average Bonchev–Trinajstić information content (AvgIpc) is 2.02. The third-order valence-electron chi connectivity index (χ3n) is 2.49. The monoisotopic (exact) mass is 212 g/mol. The lowest BCUT2D eigenvalue weighted by molar-refractivity contribution is -0.224. The molecule has 0 rings (SSSR count). The lowest BCUT2D eigenvalue weighted by Gasteiger charge is -2.27. The predicted molar refractivity (Wildman–Crippen MR) is 49.9 cm³/mol. The number of hydrogen-bond donors (Lipinski definition) is 1. The van der Waals surface area contributed by atoms with Gasteiger partial charge in [-0.05, 0) is 18.3 Å². The highest BCUT2D eigenvalue weighted by atomic mass is 19.4. The van der Waals surface area contributed by atoms with Crippen LogP contribution in [0.3, 0.4) is 0 Å². The summed E-state index contributed by atoms with van der Waals surface area (Å²) in [6.07, 6.45) is -4.63. The van der Waals surface area contributed by atoms with Crippen molar-refractivity contribution in [1.82, 2.24) is 0 Å². The molecule has 0 radical (unpaired) electrons. The predicted octanol–water partition coefficient (Wildman–Crippen LogP) is 3.37. The van der Waals surface area contributed by atoms with Gasteiger partial charge in [0, 0.05) is 0 Å². The summed E-state index contributed by atoms with van der Waals surface area (Å²) in [5.74, 6) is -0.812. The van der Waals surface area contributed by atoms with Gasteiger partial charge in [0.05, 0.1) is 0 Å². The Balaban J connectivity index is 4.33. The van der Waals surface area contributed by atoms with E-state index in [0.717, 1.165) is 12.8 Å². The zero-order valence-electron chi connectivity index (χ0n) is 8.93. The van der Waals surface area contributed by atoms with Crippen molar-refractivity contribution in [3.8, 4) is 0 Å². The Kier molecular flexibility index (Phi) is 5.49. The van der Waals surface area contributed by atoms with Crippen LogP contribution >= 0.6 is 0 Å². The third kappa shape index (κ3) is 4.31. The molecule has 0 amide bonds. The number of rotatable bonds is 5. The molecule has 2 unspecified atom stereocenters. The highest BCUT2D eigenvalue weighted by molar-refractivity contribution is 4.77. The van der Waals surface area contributed by atoms with Crippen LogP contribution in [0.4, 0.5) is 13.2 Å². The molecule has 0 aliphatic rings. The van der Waals surface area contributed by atoms with Crippen LogP contribution in [-0.2, 0) is 0 Å². The highest BCUT2D eigenvalue weighted by Gasteiger charge is 2.43. The lowest BCUT2D eigenvalue weighted by atomic mass is 9.85. The van der Waals surface area contributed by atoms with Gasteiger partial charge in [0.2, 0.25) is 0 Å². The normalized spacial score (nSPS) is 17.1. The Morgan fingerprint density at radius 2 is 1.71 bits per heavy atom. The summed E-state index contributed by atoms with van der Waals surface area (Å²) < 4.78 is 36.7. The number of aliphatic hydroxyl groups excluding tert-OH is 1. The smallest absolute Gasteiger partial charge is 0.383 e. The molecule has 0 fully saturated rings. The van der Waals surface area contributed by atoms with Gasteiger partial charge in [-0.15, -0.1) is 0 Å². The Labute approximate surface area is 83.3 Å². The molecule has 0 saturated carbocycles. The minimum Gasteiger partial charge on any atom is -0.383 e. The summed E-state index contributed by atoms with van der Waals surface area (Å²) in [5, 5.41) is 9.12. The second-order valence-corrected chi connectivity index (χ2v) is 4.04. The Hall–Kier alpha value is -0.250. The highest BCUT2D eigenvalue weighted by Crippen LogP contribution is 2.32. The van der Waals surface area contributed by atoms with E-state index < -0.39 is 18.2 Å². The van der Waals surface area contributed by atoms with Gasteiger partial charge >= 0.3 is 6.18 Å². The first kappa shape index (κ1) is 13.8. The van der Waals surface area contributed by atoms with Crippen LogP contribution in [0.1, 0.15) is 40.0 Å². The van der Waals surface area contributed by atoms with Crippen LogP contribution in [-0.4, -0.2) is 17.4 Å². The van der Waals surface area contributed by atoms with Crippen LogP contribution in [0.5, 0.6) is 0 Å². The van der Waals surface area contributed by atoms with E-state index in [1.54, 1.807) is 13.8 Å². The summed E-state index contributed by atoms with van der Waals surface area (Å²) in [4.78, 5) is 0. The van der Waals surface area contributed by atoms with E-state index in [1.165, 1.54) is 0 Å². The van der Waals surface area contributed by atoms with Crippen molar-refractivity contribution in [2.24, 2.45) is 11.8 Å². The molecule has 2 atom stereocenters. The van der Waals surface area contributed by atoms with Crippen LogP contribution in [0, 0.1) is 11.8 Å². The number of halogens is 3. The molecule has 1 N–H and O–H groups in total. The van der Waals surface area contributed by atoms with Crippen molar-refractivity contribution in [2.75, 3.05) is 0 Å². The van der Waals surface area contributed by atoms with Gasteiger partial charge in [-0.25, -0.2) is 0 Å². The standard InChI is InChI=1S/C10H19F3O/c1-4-5-6-8(7(2)3)9(14)10(11,12)13/h7-9,14H,4-6H2,1-3H3. The van der Waals surface area contributed by atoms with E-state index in [-0.39, 0.29) is 5.92 Å². The van der Waals surface area contributed by atoms with Gasteiger partial charge in [-0.1, -0.05) is 33.6 Å². The Morgan fingerprint density at radius 3 is 2.00 bits per heavy atom. The summed E-state index contributed by atoms with van der Waals surface area (Å²) in [5.41, 5.74) is 0. The quantitative estimate of drug-likeness (QED) is 0.740. The van der Waals surface area contributed by atoms with Crippen molar-refractivity contribution in [3.05, 3.63) is 0 Å². The Morgan fingerprint density at radius 1 is 1.21 bits per heavy atom. The first-order valence-corrected chi connectivity index (χ1v) is 5.05. The van der Waals surface area contributed by atoms with E-state index in [0.29, 0.717) is 6.42 Å². The average molecular weight is 212 g/mol. The third-order valence-corrected chi connectivity index (χ3v) is 2.49. The molecule has 0 saturated heterocycles. The summed E-state index contributed by atoms with van der Waals surface area (Å²) in [6, 6.07) is 0. The maximum Gasteiger partial charge on any atom is 0.414 e. The van der Waals surface area contributed by atoms with Crippen molar-refractivity contribution in [1.29, 1.82) is 0 Å². The van der Waals surface area contributed by atoms with Crippen LogP contribution < -0.4 is 0 Å². The van der Waals surface area contributed by atoms with E-state index in [9.17, 15) is 13.2 Å². The molecular formula is C10H19F3O. The van der Waals surface area contributed by atoms with Gasteiger partial charge < -0.3 is 5.11 Å². The maximum atomic E-state index is 12.2. The minimum atomic E-state index is -4.48. The molecule has 0 bridgehead atoms. The molecule has 14 heavy (non-hydrogen) atoms. The molecule has 4 heteroatoms. The number of alkyl halides is 3. The van der Waals surface area contributed by atoms with Gasteiger partial charge in [0.25, 0.3) is 0 Å². The van der Waals surface area contributed by atoms with Crippen molar-refractivity contribution < 1.29 is 18.3 Å². The van der Waals surface area contributed by atoms with Crippen LogP contribution in [0.15, 0.2) is 0 Å². The summed E-state index contributed by atoms with van der Waals surface area (Å²) >= 11 is 0. The SMILES string of the molecule is CCCCC(C(C)C)C(O)C(F)(F)F. The zero-order valence-corrected chi connectivity index (χ0v) is 8.93. The molecule has 1 nitrogen and oxygen atoms in total. The number of hydrogen-bond acceptors (Lipinski definition) is 1. The van der Waals surface area contributed by atoms with E-state index >= 15 is 0 Å². The van der Waals surface area contributed by atoms with Crippen LogP contribution in [0.2, 0.25) is 0 Å². The molecular weight excluding hydrogens is 193 g/mol. The van der Waals surface area contributed by atoms with Crippen molar-refractivity contribution >= 4 is 0 Å². The lowest BCUT2D eigenvalue weighted by Crippen LogP contribution is -2.38. The van der Waals surface area contributed by atoms with Crippen molar-refractivity contribution in [2.45, 2.75) is 52.3 Å². The molecule has 0 heterocycles. The second-order valence-electron chi connectivity index (χ2n) is 4.04. The maximum absolute atomic E-state index is 12.2. The largest absolute Gasteiger partial charge is 0.414 e. The Bertz CT molecular complexity index is 154. The summed E-state index contributed by atoms with van der Waals surface area (Å²) in [7, 11) is 0. The molecule has 0 aromatic carbocycles. The summed E-state index contributed by atoms with van der Waals surface area (Å²) in [6.45, 7) is 5.36. The number of aliphatic hydroxyl groups is 1. The zero-order chi connectivity index (χ0) is 11.4. The fourth-order valence-corrected chi connectivity index (χ4v) is 1.54. The number of unbranched alkanes of at least 4 members (excludes halogenated alkanes) is 1. The molecule has 0 spiro atoms. The fraction of sp³-hybridized carbons (Fsp3) is 1.00.